The first-order valence-corrected chi connectivity index (χ1v) is 9.80. The Morgan fingerprint density at radius 1 is 1.12 bits per heavy atom. The predicted molar refractivity (Wildman–Crippen MR) is 99.5 cm³/mol. The topological polar surface area (TPSA) is 66.5 Å². The van der Waals surface area contributed by atoms with E-state index in [9.17, 15) is 13.2 Å². The third-order valence-electron chi connectivity index (χ3n) is 4.47. The molecule has 1 aliphatic heterocycles. The van der Waals surface area contributed by atoms with Gasteiger partial charge in [0.05, 0.1) is 10.6 Å². The maximum atomic E-state index is 12.6. The fourth-order valence-corrected chi connectivity index (χ4v) is 4.07. The number of rotatable bonds is 4. The largest absolute Gasteiger partial charge is 0.312 e. The molecule has 0 aromatic heterocycles. The number of sulfonamides is 1. The standard InChI is InChI=1S/C19H22N2O3S/c1-13(2)15-5-8-18(9-6-15)25(23,24)20-17-7-4-16-10-11-21(14(3)22)19(16)12-17/h4-9,12-13,20H,10-11H2,1-3H3. The Hall–Kier alpha value is -2.34. The van der Waals surface area contributed by atoms with Crippen LogP contribution in [0.2, 0.25) is 0 Å². The molecule has 132 valence electrons. The number of anilines is 2. The summed E-state index contributed by atoms with van der Waals surface area (Å²) >= 11 is 0. The van der Waals surface area contributed by atoms with Crippen molar-refractivity contribution in [3.05, 3.63) is 53.6 Å². The predicted octanol–water partition coefficient (Wildman–Crippen LogP) is 3.52. The molecule has 0 saturated heterocycles. The summed E-state index contributed by atoms with van der Waals surface area (Å²) in [6, 6.07) is 12.2. The Bertz CT molecular complexity index is 903. The van der Waals surface area contributed by atoms with Crippen LogP contribution < -0.4 is 9.62 Å². The molecule has 0 aliphatic carbocycles. The van der Waals surface area contributed by atoms with Crippen LogP contribution in [0.25, 0.3) is 0 Å². The number of benzene rings is 2. The minimum Gasteiger partial charge on any atom is -0.312 e. The van der Waals surface area contributed by atoms with E-state index < -0.39 is 10.0 Å². The molecular weight excluding hydrogens is 336 g/mol. The summed E-state index contributed by atoms with van der Waals surface area (Å²) in [6.45, 7) is 6.28. The summed E-state index contributed by atoms with van der Waals surface area (Å²) < 4.78 is 27.8. The number of amides is 1. The molecule has 0 saturated carbocycles. The zero-order valence-electron chi connectivity index (χ0n) is 14.6. The first kappa shape index (κ1) is 17.5. The highest BCUT2D eigenvalue weighted by molar-refractivity contribution is 7.92. The van der Waals surface area contributed by atoms with Crippen LogP contribution in [0.3, 0.4) is 0 Å². The quantitative estimate of drug-likeness (QED) is 0.909. The Balaban J connectivity index is 1.86. The smallest absolute Gasteiger partial charge is 0.261 e. The van der Waals surface area contributed by atoms with Gasteiger partial charge in [0, 0.05) is 19.2 Å². The molecule has 1 aliphatic rings. The van der Waals surface area contributed by atoms with Gasteiger partial charge in [-0.1, -0.05) is 32.0 Å². The van der Waals surface area contributed by atoms with Crippen molar-refractivity contribution in [2.24, 2.45) is 0 Å². The molecule has 5 nitrogen and oxygen atoms in total. The number of nitrogens with zero attached hydrogens (tertiary/aromatic N) is 1. The van der Waals surface area contributed by atoms with Gasteiger partial charge in [0.1, 0.15) is 0 Å². The number of hydrogen-bond acceptors (Lipinski definition) is 3. The third kappa shape index (κ3) is 3.54. The van der Waals surface area contributed by atoms with Gasteiger partial charge in [-0.3, -0.25) is 9.52 Å². The Labute approximate surface area is 148 Å². The molecule has 0 fully saturated rings. The molecular formula is C19H22N2O3S. The lowest BCUT2D eigenvalue weighted by Crippen LogP contribution is -2.25. The van der Waals surface area contributed by atoms with E-state index >= 15 is 0 Å². The molecule has 1 N–H and O–H groups in total. The summed E-state index contributed by atoms with van der Waals surface area (Å²) in [5.74, 6) is 0.307. The summed E-state index contributed by atoms with van der Waals surface area (Å²) in [4.78, 5) is 13.6. The zero-order chi connectivity index (χ0) is 18.2. The molecule has 1 heterocycles. The average Bonchev–Trinajstić information content (AvgIpc) is 2.98. The van der Waals surface area contributed by atoms with Crippen molar-refractivity contribution >= 4 is 27.3 Å². The lowest BCUT2D eigenvalue weighted by molar-refractivity contribution is -0.116. The molecule has 0 atom stereocenters. The maximum absolute atomic E-state index is 12.6. The molecule has 3 rings (SSSR count). The summed E-state index contributed by atoms with van der Waals surface area (Å²) in [7, 11) is -3.66. The van der Waals surface area contributed by atoms with Crippen molar-refractivity contribution in [2.45, 2.75) is 38.0 Å². The molecule has 0 bridgehead atoms. The van der Waals surface area contributed by atoms with E-state index in [1.807, 2.05) is 18.2 Å². The average molecular weight is 358 g/mol. The third-order valence-corrected chi connectivity index (χ3v) is 5.87. The fraction of sp³-hybridized carbons (Fsp3) is 0.316. The van der Waals surface area contributed by atoms with Crippen molar-refractivity contribution in [3.63, 3.8) is 0 Å². The second-order valence-corrected chi connectivity index (χ2v) is 8.28. The lowest BCUT2D eigenvalue weighted by atomic mass is 10.0. The van der Waals surface area contributed by atoms with Crippen molar-refractivity contribution in [3.8, 4) is 0 Å². The zero-order valence-corrected chi connectivity index (χ0v) is 15.4. The molecule has 2 aromatic carbocycles. The molecule has 0 radical (unpaired) electrons. The van der Waals surface area contributed by atoms with E-state index in [4.69, 9.17) is 0 Å². The van der Waals surface area contributed by atoms with Crippen LogP contribution in [0.5, 0.6) is 0 Å². The summed E-state index contributed by atoms with van der Waals surface area (Å²) in [5, 5.41) is 0. The first-order valence-electron chi connectivity index (χ1n) is 8.32. The first-order chi connectivity index (χ1) is 11.8. The lowest BCUT2D eigenvalue weighted by Gasteiger charge is -2.16. The molecule has 0 spiro atoms. The number of hydrogen-bond donors (Lipinski definition) is 1. The summed E-state index contributed by atoms with van der Waals surface area (Å²) in [5.41, 5.74) is 3.38. The van der Waals surface area contributed by atoms with Gasteiger partial charge in [-0.05, 0) is 47.7 Å². The minimum atomic E-state index is -3.66. The molecule has 25 heavy (non-hydrogen) atoms. The molecule has 6 heteroatoms. The van der Waals surface area contributed by atoms with E-state index in [1.54, 1.807) is 29.2 Å². The molecule has 0 unspecified atom stereocenters. The van der Waals surface area contributed by atoms with Crippen molar-refractivity contribution in [1.82, 2.24) is 0 Å². The number of nitrogens with one attached hydrogen (secondary N) is 1. The number of carbonyl (C=O) groups excluding carboxylic acids is 1. The minimum absolute atomic E-state index is 0.0389. The van der Waals surface area contributed by atoms with Crippen LogP contribution in [0, 0.1) is 0 Å². The van der Waals surface area contributed by atoms with Crippen LogP contribution in [0.15, 0.2) is 47.4 Å². The monoisotopic (exact) mass is 358 g/mol. The molecule has 2 aromatic rings. The van der Waals surface area contributed by atoms with Crippen LogP contribution in [0.4, 0.5) is 11.4 Å². The van der Waals surface area contributed by atoms with E-state index in [1.165, 1.54) is 6.92 Å². The van der Waals surface area contributed by atoms with Crippen LogP contribution in [-0.4, -0.2) is 20.9 Å². The highest BCUT2D eigenvalue weighted by atomic mass is 32.2. The van der Waals surface area contributed by atoms with Crippen LogP contribution in [-0.2, 0) is 21.2 Å². The van der Waals surface area contributed by atoms with Gasteiger partial charge in [0.2, 0.25) is 5.91 Å². The normalized spacial score (nSPS) is 13.8. The Morgan fingerprint density at radius 2 is 1.80 bits per heavy atom. The van der Waals surface area contributed by atoms with E-state index in [0.717, 1.165) is 23.2 Å². The highest BCUT2D eigenvalue weighted by Crippen LogP contribution is 2.31. The van der Waals surface area contributed by atoms with Gasteiger partial charge in [-0.2, -0.15) is 0 Å². The van der Waals surface area contributed by atoms with Crippen molar-refractivity contribution < 1.29 is 13.2 Å². The second-order valence-electron chi connectivity index (χ2n) is 6.59. The Kier molecular flexibility index (Phi) is 4.56. The van der Waals surface area contributed by atoms with Gasteiger partial charge in [0.25, 0.3) is 10.0 Å². The van der Waals surface area contributed by atoms with E-state index in [2.05, 4.69) is 18.6 Å². The van der Waals surface area contributed by atoms with Crippen molar-refractivity contribution in [2.75, 3.05) is 16.2 Å². The fourth-order valence-electron chi connectivity index (χ4n) is 3.02. The van der Waals surface area contributed by atoms with Crippen molar-refractivity contribution in [1.29, 1.82) is 0 Å². The van der Waals surface area contributed by atoms with Crippen LogP contribution in [0.1, 0.15) is 37.8 Å². The Morgan fingerprint density at radius 3 is 2.40 bits per heavy atom. The SMILES string of the molecule is CC(=O)N1CCc2ccc(NS(=O)(=O)c3ccc(C(C)C)cc3)cc21. The highest BCUT2D eigenvalue weighted by Gasteiger charge is 2.23. The molecule has 1 amide bonds. The van der Waals surface area contributed by atoms with E-state index in [0.29, 0.717) is 18.2 Å². The van der Waals surface area contributed by atoms with Gasteiger partial charge in [-0.15, -0.1) is 0 Å². The van der Waals surface area contributed by atoms with E-state index in [-0.39, 0.29) is 10.8 Å². The van der Waals surface area contributed by atoms with Crippen LogP contribution >= 0.6 is 0 Å². The number of carbonyl (C=O) groups is 1. The van der Waals surface area contributed by atoms with Gasteiger partial charge >= 0.3 is 0 Å². The second kappa shape index (κ2) is 6.52. The summed E-state index contributed by atoms with van der Waals surface area (Å²) in [6.07, 6.45) is 0.790. The maximum Gasteiger partial charge on any atom is 0.261 e. The van der Waals surface area contributed by atoms with Gasteiger partial charge < -0.3 is 4.90 Å². The van der Waals surface area contributed by atoms with Gasteiger partial charge in [-0.25, -0.2) is 8.42 Å². The number of fused-ring (bicyclic) bond motifs is 1. The van der Waals surface area contributed by atoms with Gasteiger partial charge in [0.15, 0.2) is 0 Å².